The number of carbonyl (C=O) groups excluding carboxylic acids is 1. The molecule has 0 unspecified atom stereocenters. The van der Waals surface area contributed by atoms with Crippen molar-refractivity contribution in [1.29, 1.82) is 0 Å². The van der Waals surface area contributed by atoms with Gasteiger partial charge in [-0.15, -0.1) is 0 Å². The van der Waals surface area contributed by atoms with Crippen molar-refractivity contribution in [3.8, 4) is 11.4 Å². The highest BCUT2D eigenvalue weighted by Crippen LogP contribution is 2.40. The van der Waals surface area contributed by atoms with Crippen LogP contribution in [0.2, 0.25) is 0 Å². The number of carbonyl (C=O) groups is 1. The lowest BCUT2D eigenvalue weighted by molar-refractivity contribution is -0.133. The highest BCUT2D eigenvalue weighted by molar-refractivity contribution is 5.99. The number of benzene rings is 2. The first-order valence-electron chi connectivity index (χ1n) is 11.6. The van der Waals surface area contributed by atoms with E-state index < -0.39 is 0 Å². The largest absolute Gasteiger partial charge is 0.495 e. The van der Waals surface area contributed by atoms with Crippen LogP contribution in [0, 0.1) is 12.7 Å². The molecule has 0 aliphatic carbocycles. The van der Waals surface area contributed by atoms with Crippen LogP contribution in [0.5, 0.6) is 5.75 Å². The molecule has 5 nitrogen and oxygen atoms in total. The fourth-order valence-electron chi connectivity index (χ4n) is 5.05. The van der Waals surface area contributed by atoms with E-state index in [1.807, 2.05) is 46.9 Å². The van der Waals surface area contributed by atoms with E-state index in [1.165, 1.54) is 17.7 Å². The summed E-state index contributed by atoms with van der Waals surface area (Å²) in [6, 6.07) is 12.4. The Hall–Kier alpha value is -3.67. The maximum Gasteiger partial charge on any atom is 0.250 e. The number of aromatic nitrogens is 2. The van der Waals surface area contributed by atoms with E-state index in [9.17, 15) is 9.18 Å². The maximum absolute atomic E-state index is 13.7. The quantitative estimate of drug-likeness (QED) is 0.368. The van der Waals surface area contributed by atoms with Crippen LogP contribution in [0.4, 0.5) is 4.39 Å². The number of nitrogens with zero attached hydrogens (tertiary/aromatic N) is 3. The summed E-state index contributed by atoms with van der Waals surface area (Å²) in [5, 5.41) is 0. The van der Waals surface area contributed by atoms with Crippen molar-refractivity contribution < 1.29 is 13.9 Å². The molecular weight excluding hydrogens is 429 g/mol. The smallest absolute Gasteiger partial charge is 0.250 e. The zero-order valence-electron chi connectivity index (χ0n) is 19.7. The summed E-state index contributed by atoms with van der Waals surface area (Å²) >= 11 is 0. The number of hydrogen-bond donors (Lipinski definition) is 0. The number of aryl methyl sites for hydroxylation is 1. The van der Waals surface area contributed by atoms with Crippen molar-refractivity contribution in [2.24, 2.45) is 0 Å². The van der Waals surface area contributed by atoms with Crippen LogP contribution in [-0.4, -0.2) is 33.5 Å². The molecule has 1 amide bonds. The molecule has 2 aliphatic rings. The third-order valence-electron chi connectivity index (χ3n) is 6.70. The fourth-order valence-corrected chi connectivity index (χ4v) is 5.05. The molecule has 0 N–H and O–H groups in total. The van der Waals surface area contributed by atoms with Gasteiger partial charge in [0.05, 0.1) is 30.9 Å². The highest BCUT2D eigenvalue weighted by atomic mass is 19.1. The Labute approximate surface area is 199 Å². The second-order valence-electron chi connectivity index (χ2n) is 9.14. The molecule has 1 aromatic heterocycles. The average molecular weight is 458 g/mol. The summed E-state index contributed by atoms with van der Waals surface area (Å²) < 4.78 is 21.1. The van der Waals surface area contributed by atoms with Crippen LogP contribution in [0.25, 0.3) is 11.8 Å². The van der Waals surface area contributed by atoms with Crippen LogP contribution in [-0.2, 0) is 4.79 Å². The van der Waals surface area contributed by atoms with Gasteiger partial charge in [-0.25, -0.2) is 9.37 Å². The summed E-state index contributed by atoms with van der Waals surface area (Å²) in [5.41, 5.74) is 5.73. The van der Waals surface area contributed by atoms with E-state index in [1.54, 1.807) is 25.6 Å². The summed E-state index contributed by atoms with van der Waals surface area (Å²) in [6.07, 6.45) is 10.3. The first-order valence-corrected chi connectivity index (χ1v) is 11.6. The minimum Gasteiger partial charge on any atom is -0.495 e. The van der Waals surface area contributed by atoms with Gasteiger partial charge in [0.2, 0.25) is 0 Å². The van der Waals surface area contributed by atoms with E-state index in [-0.39, 0.29) is 23.8 Å². The topological polar surface area (TPSA) is 47.4 Å². The van der Waals surface area contributed by atoms with E-state index in [0.717, 1.165) is 47.3 Å². The molecule has 3 aromatic rings. The Morgan fingerprint density at radius 3 is 2.65 bits per heavy atom. The van der Waals surface area contributed by atoms with Crippen molar-refractivity contribution in [1.82, 2.24) is 14.5 Å². The molecule has 1 saturated heterocycles. The van der Waals surface area contributed by atoms with Crippen LogP contribution < -0.4 is 4.74 Å². The second kappa shape index (κ2) is 8.93. The van der Waals surface area contributed by atoms with Gasteiger partial charge < -0.3 is 14.2 Å². The molecule has 1 fully saturated rings. The van der Waals surface area contributed by atoms with Gasteiger partial charge >= 0.3 is 0 Å². The monoisotopic (exact) mass is 457 g/mol. The first kappa shape index (κ1) is 22.1. The lowest BCUT2D eigenvalue weighted by Crippen LogP contribution is -2.48. The molecule has 5 rings (SSSR count). The summed E-state index contributed by atoms with van der Waals surface area (Å²) in [7, 11) is 1.64. The Kier molecular flexibility index (Phi) is 5.82. The van der Waals surface area contributed by atoms with Crippen LogP contribution >= 0.6 is 0 Å². The van der Waals surface area contributed by atoms with Gasteiger partial charge in [-0.2, -0.15) is 0 Å². The zero-order valence-corrected chi connectivity index (χ0v) is 19.7. The van der Waals surface area contributed by atoms with Crippen molar-refractivity contribution in [3.05, 3.63) is 94.8 Å². The minimum atomic E-state index is -0.273. The molecular formula is C28H28FN3O2. The predicted octanol–water partition coefficient (Wildman–Crippen LogP) is 5.79. The van der Waals surface area contributed by atoms with Crippen molar-refractivity contribution >= 4 is 12.0 Å². The van der Waals surface area contributed by atoms with Crippen molar-refractivity contribution in [2.45, 2.75) is 45.2 Å². The zero-order chi connectivity index (χ0) is 23.8. The number of amides is 1. The Morgan fingerprint density at radius 2 is 1.94 bits per heavy atom. The lowest BCUT2D eigenvalue weighted by atomic mass is 9.84. The molecule has 0 saturated carbocycles. The Bertz CT molecular complexity index is 1290. The molecule has 3 heterocycles. The van der Waals surface area contributed by atoms with Gasteiger partial charge in [-0.1, -0.05) is 29.8 Å². The maximum atomic E-state index is 13.7. The van der Waals surface area contributed by atoms with Gasteiger partial charge in [-0.05, 0) is 74.6 Å². The first-order chi connectivity index (χ1) is 16.4. The number of rotatable bonds is 4. The third kappa shape index (κ3) is 4.16. The molecule has 6 heteroatoms. The molecule has 34 heavy (non-hydrogen) atoms. The Morgan fingerprint density at radius 1 is 1.15 bits per heavy atom. The number of hydrogen-bond acceptors (Lipinski definition) is 3. The fraction of sp³-hybridized carbons (Fsp3) is 0.286. The lowest BCUT2D eigenvalue weighted by Gasteiger charge is -2.44. The number of halogens is 1. The van der Waals surface area contributed by atoms with Crippen LogP contribution in [0.15, 0.2) is 72.2 Å². The normalized spacial score (nSPS) is 21.4. The van der Waals surface area contributed by atoms with Crippen molar-refractivity contribution in [3.63, 3.8) is 0 Å². The Balaban J connectivity index is 1.47. The highest BCUT2D eigenvalue weighted by Gasteiger charge is 2.38. The number of methoxy groups -OCH3 is 1. The SMILES string of the molecule is COc1cc(/C=C2\CC[C@H]3CC(C)=C[C@H](c4ccc(F)cc4)N3C2=O)ccc1-n1cnc(C)c1. The second-order valence-corrected chi connectivity index (χ2v) is 9.14. The standard InChI is InChI=1S/C28H28FN3O2/c1-18-12-24-10-7-22(28(33)32(24)26(13-18)21-5-8-23(29)9-6-21)14-20-4-11-25(27(15-20)34-3)31-16-19(2)30-17-31/h4-6,8-9,11,13-17,24,26H,7,10,12H2,1-3H3/b22-14+/t24-,26+/m0/s1. The molecule has 0 radical (unpaired) electrons. The van der Waals surface area contributed by atoms with Crippen LogP contribution in [0.3, 0.4) is 0 Å². The minimum absolute atomic E-state index is 0.0441. The van der Waals surface area contributed by atoms with E-state index in [4.69, 9.17) is 4.74 Å². The van der Waals surface area contributed by atoms with Crippen LogP contribution in [0.1, 0.15) is 49.0 Å². The summed E-state index contributed by atoms with van der Waals surface area (Å²) in [4.78, 5) is 20.0. The van der Waals surface area contributed by atoms with Crippen molar-refractivity contribution in [2.75, 3.05) is 7.11 Å². The van der Waals surface area contributed by atoms with Gasteiger partial charge in [-0.3, -0.25) is 4.79 Å². The van der Waals surface area contributed by atoms with E-state index in [0.29, 0.717) is 5.75 Å². The molecule has 2 aromatic carbocycles. The van der Waals surface area contributed by atoms with E-state index in [2.05, 4.69) is 18.0 Å². The van der Waals surface area contributed by atoms with E-state index >= 15 is 0 Å². The summed E-state index contributed by atoms with van der Waals surface area (Å²) in [6.45, 7) is 4.06. The van der Waals surface area contributed by atoms with Gasteiger partial charge in [0.25, 0.3) is 5.91 Å². The third-order valence-corrected chi connectivity index (χ3v) is 6.70. The molecule has 174 valence electrons. The number of fused-ring (bicyclic) bond motifs is 1. The number of piperidine rings is 1. The molecule has 2 aliphatic heterocycles. The summed E-state index contributed by atoms with van der Waals surface area (Å²) in [5.74, 6) is 0.488. The molecule has 2 atom stereocenters. The average Bonchev–Trinajstić information content (AvgIpc) is 3.26. The van der Waals surface area contributed by atoms with Gasteiger partial charge in [0, 0.05) is 17.8 Å². The molecule has 0 spiro atoms. The van der Waals surface area contributed by atoms with Gasteiger partial charge in [0.1, 0.15) is 11.6 Å². The van der Waals surface area contributed by atoms with Gasteiger partial charge in [0.15, 0.2) is 0 Å². The number of ether oxygens (including phenoxy) is 1. The molecule has 0 bridgehead atoms. The number of imidazole rings is 1. The predicted molar refractivity (Wildman–Crippen MR) is 130 cm³/mol.